The van der Waals surface area contributed by atoms with Gasteiger partial charge in [0, 0.05) is 25.5 Å². The molecule has 3 nitrogen and oxygen atoms in total. The molecule has 1 aromatic rings. The summed E-state index contributed by atoms with van der Waals surface area (Å²) in [5.74, 6) is 0. The van der Waals surface area contributed by atoms with Gasteiger partial charge >= 0.3 is 0 Å². The first-order chi connectivity index (χ1) is 6.34. The fourth-order valence-corrected chi connectivity index (χ4v) is 1.59. The van der Waals surface area contributed by atoms with E-state index in [2.05, 4.69) is 16.5 Å². The molecule has 2 heterocycles. The molecule has 0 radical (unpaired) electrons. The molecule has 0 saturated carbocycles. The summed E-state index contributed by atoms with van der Waals surface area (Å²) in [6.07, 6.45) is 7.86. The zero-order valence-electron chi connectivity index (χ0n) is 7.95. The van der Waals surface area contributed by atoms with Gasteiger partial charge in [-0.1, -0.05) is 0 Å². The van der Waals surface area contributed by atoms with Gasteiger partial charge in [-0.15, -0.1) is 0 Å². The maximum Gasteiger partial charge on any atom is 0.0867 e. The first-order valence-corrected chi connectivity index (χ1v) is 4.79. The molecule has 1 N–H and O–H groups in total. The number of aryl methyl sites for hydroxylation is 1. The third-order valence-corrected chi connectivity index (χ3v) is 2.28. The Morgan fingerprint density at radius 1 is 1.54 bits per heavy atom. The number of allylic oxidation sites excluding steroid dienone is 1. The lowest BCUT2D eigenvalue weighted by atomic mass is 10.1. The van der Waals surface area contributed by atoms with Crippen LogP contribution in [0.1, 0.15) is 25.0 Å². The molecule has 70 valence electrons. The van der Waals surface area contributed by atoms with Crippen LogP contribution in [-0.4, -0.2) is 16.3 Å². The van der Waals surface area contributed by atoms with Crippen LogP contribution in [0.4, 0.5) is 0 Å². The molecule has 13 heavy (non-hydrogen) atoms. The molecule has 0 spiro atoms. The smallest absolute Gasteiger partial charge is 0.0867 e. The molecule has 0 amide bonds. The number of nitrogens with one attached hydrogen (secondary N) is 1. The Kier molecular flexibility index (Phi) is 2.34. The van der Waals surface area contributed by atoms with Gasteiger partial charge in [0.15, 0.2) is 0 Å². The van der Waals surface area contributed by atoms with E-state index >= 15 is 0 Å². The van der Waals surface area contributed by atoms with E-state index in [1.54, 1.807) is 0 Å². The topological polar surface area (TPSA) is 29.9 Å². The van der Waals surface area contributed by atoms with Gasteiger partial charge < -0.3 is 5.32 Å². The van der Waals surface area contributed by atoms with Gasteiger partial charge in [0.2, 0.25) is 0 Å². The maximum absolute atomic E-state index is 4.31. The van der Waals surface area contributed by atoms with Gasteiger partial charge in [-0.25, -0.2) is 0 Å². The van der Waals surface area contributed by atoms with Crippen molar-refractivity contribution < 1.29 is 0 Å². The highest BCUT2D eigenvalue weighted by Crippen LogP contribution is 2.12. The van der Waals surface area contributed by atoms with E-state index < -0.39 is 0 Å². The summed E-state index contributed by atoms with van der Waals surface area (Å²) >= 11 is 0. The summed E-state index contributed by atoms with van der Waals surface area (Å²) in [6.45, 7) is 1.11. The predicted molar refractivity (Wildman–Crippen MR) is 53.0 cm³/mol. The molecule has 0 aromatic carbocycles. The molecule has 2 rings (SSSR count). The Morgan fingerprint density at radius 2 is 2.46 bits per heavy atom. The lowest BCUT2D eigenvalue weighted by molar-refractivity contribution is 0.592. The van der Waals surface area contributed by atoms with E-state index in [0.717, 1.165) is 18.7 Å². The second-order valence-corrected chi connectivity index (χ2v) is 3.47. The van der Waals surface area contributed by atoms with Crippen LogP contribution in [0.25, 0.3) is 6.08 Å². The lowest BCUT2D eigenvalue weighted by Gasteiger charge is -2.15. The summed E-state index contributed by atoms with van der Waals surface area (Å²) in [5, 5.41) is 7.69. The summed E-state index contributed by atoms with van der Waals surface area (Å²) in [7, 11) is 1.94. The molecular weight excluding hydrogens is 162 g/mol. The van der Waals surface area contributed by atoms with Crippen molar-refractivity contribution in [3.63, 3.8) is 0 Å². The largest absolute Gasteiger partial charge is 0.388 e. The van der Waals surface area contributed by atoms with E-state index in [4.69, 9.17) is 0 Å². The third kappa shape index (κ3) is 2.11. The SMILES string of the molecule is Cn1ccc(C=C2CCCCN2)n1. The fourth-order valence-electron chi connectivity index (χ4n) is 1.59. The minimum atomic E-state index is 1.05. The van der Waals surface area contributed by atoms with Gasteiger partial charge in [-0.2, -0.15) is 5.10 Å². The molecule has 0 unspecified atom stereocenters. The molecule has 1 saturated heterocycles. The van der Waals surface area contributed by atoms with Crippen molar-refractivity contribution in [3.8, 4) is 0 Å². The summed E-state index contributed by atoms with van der Waals surface area (Å²) < 4.78 is 1.83. The van der Waals surface area contributed by atoms with Crippen molar-refractivity contribution in [2.75, 3.05) is 6.54 Å². The Morgan fingerprint density at radius 3 is 3.08 bits per heavy atom. The van der Waals surface area contributed by atoms with Crippen LogP contribution in [0.3, 0.4) is 0 Å². The standard InChI is InChI=1S/C10H15N3/c1-13-7-5-10(12-13)8-9-4-2-3-6-11-9/h5,7-8,11H,2-4,6H2,1H3. The lowest BCUT2D eigenvalue weighted by Crippen LogP contribution is -2.19. The van der Waals surface area contributed by atoms with Crippen LogP contribution in [-0.2, 0) is 7.05 Å². The number of piperidine rings is 1. The number of aromatic nitrogens is 2. The first kappa shape index (κ1) is 8.35. The molecule has 0 aliphatic carbocycles. The number of rotatable bonds is 1. The number of hydrogen-bond donors (Lipinski definition) is 1. The van der Waals surface area contributed by atoms with Gasteiger partial charge in [0.25, 0.3) is 0 Å². The van der Waals surface area contributed by atoms with E-state index in [9.17, 15) is 0 Å². The Hall–Kier alpha value is -1.25. The summed E-state index contributed by atoms with van der Waals surface area (Å²) in [6, 6.07) is 2.03. The predicted octanol–water partition coefficient (Wildman–Crippen LogP) is 1.53. The Bertz CT molecular complexity index is 304. The monoisotopic (exact) mass is 177 g/mol. The molecule has 0 bridgehead atoms. The highest BCUT2D eigenvalue weighted by molar-refractivity contribution is 5.47. The van der Waals surface area contributed by atoms with E-state index in [1.165, 1.54) is 18.5 Å². The molecule has 3 heteroatoms. The third-order valence-electron chi connectivity index (χ3n) is 2.28. The van der Waals surface area contributed by atoms with Crippen molar-refractivity contribution in [2.24, 2.45) is 7.05 Å². The summed E-state index contributed by atoms with van der Waals surface area (Å²) in [4.78, 5) is 0. The minimum absolute atomic E-state index is 1.05. The molecule has 1 aliphatic rings. The maximum atomic E-state index is 4.31. The van der Waals surface area contributed by atoms with Gasteiger partial charge in [-0.3, -0.25) is 4.68 Å². The van der Waals surface area contributed by atoms with Crippen molar-refractivity contribution in [1.29, 1.82) is 0 Å². The van der Waals surface area contributed by atoms with Gasteiger partial charge in [-0.05, 0) is 31.4 Å². The normalized spacial score (nSPS) is 20.2. The van der Waals surface area contributed by atoms with Crippen molar-refractivity contribution in [1.82, 2.24) is 15.1 Å². The van der Waals surface area contributed by atoms with Crippen molar-refractivity contribution in [3.05, 3.63) is 23.7 Å². The zero-order valence-corrected chi connectivity index (χ0v) is 7.95. The molecular formula is C10H15N3. The molecule has 1 fully saturated rings. The first-order valence-electron chi connectivity index (χ1n) is 4.79. The van der Waals surface area contributed by atoms with Crippen LogP contribution in [0.5, 0.6) is 0 Å². The molecule has 1 aromatic heterocycles. The van der Waals surface area contributed by atoms with E-state index in [-0.39, 0.29) is 0 Å². The van der Waals surface area contributed by atoms with Crippen LogP contribution < -0.4 is 5.32 Å². The second-order valence-electron chi connectivity index (χ2n) is 3.47. The van der Waals surface area contributed by atoms with Crippen LogP contribution in [0.2, 0.25) is 0 Å². The average Bonchev–Trinajstić information content (AvgIpc) is 2.53. The van der Waals surface area contributed by atoms with Crippen LogP contribution >= 0.6 is 0 Å². The van der Waals surface area contributed by atoms with Crippen molar-refractivity contribution in [2.45, 2.75) is 19.3 Å². The molecule has 0 atom stereocenters. The zero-order chi connectivity index (χ0) is 9.10. The average molecular weight is 177 g/mol. The highest BCUT2D eigenvalue weighted by Gasteiger charge is 2.04. The molecule has 1 aliphatic heterocycles. The Labute approximate surface area is 78.4 Å². The number of nitrogens with zero attached hydrogens (tertiary/aromatic N) is 2. The van der Waals surface area contributed by atoms with Crippen LogP contribution in [0, 0.1) is 0 Å². The van der Waals surface area contributed by atoms with E-state index in [1.807, 2.05) is 24.0 Å². The summed E-state index contributed by atoms with van der Waals surface area (Å²) in [5.41, 5.74) is 2.37. The van der Waals surface area contributed by atoms with Gasteiger partial charge in [0.05, 0.1) is 5.69 Å². The second kappa shape index (κ2) is 3.64. The number of hydrogen-bond acceptors (Lipinski definition) is 2. The Balaban J connectivity index is 2.09. The van der Waals surface area contributed by atoms with Crippen molar-refractivity contribution >= 4 is 6.08 Å². The highest BCUT2D eigenvalue weighted by atomic mass is 15.2. The van der Waals surface area contributed by atoms with Crippen LogP contribution in [0.15, 0.2) is 18.0 Å². The fraction of sp³-hybridized carbons (Fsp3) is 0.500. The quantitative estimate of drug-likeness (QED) is 0.705. The van der Waals surface area contributed by atoms with Gasteiger partial charge in [0.1, 0.15) is 0 Å². The van der Waals surface area contributed by atoms with E-state index in [0.29, 0.717) is 0 Å². The minimum Gasteiger partial charge on any atom is -0.388 e.